The summed E-state index contributed by atoms with van der Waals surface area (Å²) < 4.78 is 0. The molecule has 130 valence electrons. The maximum absolute atomic E-state index is 6.64. The number of rotatable bonds is 5. The van der Waals surface area contributed by atoms with E-state index >= 15 is 0 Å². The fourth-order valence-electron chi connectivity index (χ4n) is 2.90. The summed E-state index contributed by atoms with van der Waals surface area (Å²) >= 11 is 0. The first kappa shape index (κ1) is 18.7. The summed E-state index contributed by atoms with van der Waals surface area (Å²) in [5.41, 5.74) is 18.1. The van der Waals surface area contributed by atoms with Crippen molar-refractivity contribution in [2.75, 3.05) is 0 Å². The summed E-state index contributed by atoms with van der Waals surface area (Å²) in [6, 6.07) is 15.0. The lowest BCUT2D eigenvalue weighted by Gasteiger charge is -2.29. The van der Waals surface area contributed by atoms with Crippen LogP contribution in [0.5, 0.6) is 0 Å². The number of benzene rings is 2. The zero-order chi connectivity index (χ0) is 18.1. The lowest BCUT2D eigenvalue weighted by atomic mass is 9.85. The van der Waals surface area contributed by atoms with Crippen molar-refractivity contribution in [3.05, 3.63) is 70.3 Å². The Labute approximate surface area is 147 Å². The number of hydrogen-bond donors (Lipinski definition) is 2. The van der Waals surface area contributed by atoms with Gasteiger partial charge in [0.1, 0.15) is 5.66 Å². The van der Waals surface area contributed by atoms with Crippen molar-refractivity contribution in [1.29, 1.82) is 0 Å². The van der Waals surface area contributed by atoms with Gasteiger partial charge in [0.05, 0.1) is 0 Å². The average Bonchev–Trinajstić information content (AvgIpc) is 2.54. The Morgan fingerprint density at radius 3 is 1.54 bits per heavy atom. The minimum Gasteiger partial charge on any atom is -0.306 e. The smallest absolute Gasteiger partial charge is 0.116 e. The lowest BCUT2D eigenvalue weighted by molar-refractivity contribution is 0.563. The van der Waals surface area contributed by atoms with Crippen LogP contribution in [-0.2, 0) is 5.66 Å². The molecule has 2 nitrogen and oxygen atoms in total. The largest absolute Gasteiger partial charge is 0.306 e. The van der Waals surface area contributed by atoms with Crippen LogP contribution in [0.1, 0.15) is 87.1 Å². The van der Waals surface area contributed by atoms with Crippen molar-refractivity contribution in [3.63, 3.8) is 0 Å². The molecule has 0 spiro atoms. The van der Waals surface area contributed by atoms with Gasteiger partial charge in [0.2, 0.25) is 0 Å². The molecule has 2 aromatic rings. The number of hydrogen-bond acceptors (Lipinski definition) is 2. The molecule has 0 fully saturated rings. The highest BCUT2D eigenvalue weighted by Gasteiger charge is 2.26. The molecule has 0 saturated heterocycles. The Balaban J connectivity index is 2.57. The molecular formula is C22H32N2. The van der Waals surface area contributed by atoms with Gasteiger partial charge in [-0.05, 0) is 45.6 Å². The molecule has 0 atom stereocenters. The maximum atomic E-state index is 6.64. The van der Waals surface area contributed by atoms with Crippen molar-refractivity contribution >= 4 is 0 Å². The molecular weight excluding hydrogens is 292 g/mol. The molecule has 0 aliphatic heterocycles. The van der Waals surface area contributed by atoms with Gasteiger partial charge in [0.25, 0.3) is 0 Å². The van der Waals surface area contributed by atoms with Gasteiger partial charge in [-0.3, -0.25) is 0 Å². The Kier molecular flexibility index (Phi) is 5.52. The van der Waals surface area contributed by atoms with Crippen molar-refractivity contribution in [3.8, 4) is 0 Å². The van der Waals surface area contributed by atoms with Crippen molar-refractivity contribution in [2.45, 2.75) is 65.0 Å². The third-order valence-electron chi connectivity index (χ3n) is 4.82. The van der Waals surface area contributed by atoms with E-state index in [-0.39, 0.29) is 0 Å². The fourth-order valence-corrected chi connectivity index (χ4v) is 2.90. The van der Waals surface area contributed by atoms with Crippen LogP contribution in [0.15, 0.2) is 42.5 Å². The van der Waals surface area contributed by atoms with Crippen LogP contribution in [0.4, 0.5) is 0 Å². The third-order valence-corrected chi connectivity index (χ3v) is 4.82. The van der Waals surface area contributed by atoms with Crippen LogP contribution in [0.2, 0.25) is 0 Å². The second-order valence-electron chi connectivity index (χ2n) is 7.85. The Hall–Kier alpha value is -1.64. The summed E-state index contributed by atoms with van der Waals surface area (Å²) in [7, 11) is 0. The highest BCUT2D eigenvalue weighted by Crippen LogP contribution is 2.30. The van der Waals surface area contributed by atoms with Crippen LogP contribution in [0.25, 0.3) is 0 Å². The summed E-state index contributed by atoms with van der Waals surface area (Å²) in [5.74, 6) is 1.34. The second-order valence-corrected chi connectivity index (χ2v) is 7.85. The van der Waals surface area contributed by atoms with Gasteiger partial charge in [-0.1, -0.05) is 84.0 Å². The van der Waals surface area contributed by atoms with Crippen LogP contribution in [0, 0.1) is 0 Å². The first-order chi connectivity index (χ1) is 11.1. The van der Waals surface area contributed by atoms with Crippen molar-refractivity contribution in [1.82, 2.24) is 0 Å². The summed E-state index contributed by atoms with van der Waals surface area (Å²) in [5, 5.41) is 0. The summed E-state index contributed by atoms with van der Waals surface area (Å²) in [4.78, 5) is 0. The standard InChI is InChI=1S/C22H32N2/c1-14(2)17-8-7-9-20(11-17)22(23,24)21-12-18(15(3)4)10-19(13-21)16(5)6/h7-16H,23-24H2,1-6H3. The first-order valence-corrected chi connectivity index (χ1v) is 8.96. The van der Waals surface area contributed by atoms with E-state index in [0.717, 1.165) is 11.1 Å². The van der Waals surface area contributed by atoms with E-state index in [9.17, 15) is 0 Å². The van der Waals surface area contributed by atoms with E-state index in [4.69, 9.17) is 11.5 Å². The molecule has 2 aromatic carbocycles. The molecule has 2 rings (SSSR count). The third kappa shape index (κ3) is 3.88. The fraction of sp³-hybridized carbons (Fsp3) is 0.455. The summed E-state index contributed by atoms with van der Waals surface area (Å²) in [6.07, 6.45) is 0. The molecule has 0 bridgehead atoms. The molecule has 24 heavy (non-hydrogen) atoms. The van der Waals surface area contributed by atoms with E-state index < -0.39 is 5.66 Å². The molecule has 0 aromatic heterocycles. The average molecular weight is 325 g/mol. The molecule has 0 aliphatic carbocycles. The zero-order valence-corrected chi connectivity index (χ0v) is 15.9. The SMILES string of the molecule is CC(C)c1cccc(C(N)(N)c2cc(C(C)C)cc(C(C)C)c2)c1. The van der Waals surface area contributed by atoms with E-state index in [1.807, 2.05) is 6.07 Å². The van der Waals surface area contributed by atoms with Gasteiger partial charge in [-0.15, -0.1) is 0 Å². The van der Waals surface area contributed by atoms with Crippen LogP contribution >= 0.6 is 0 Å². The predicted molar refractivity (Wildman–Crippen MR) is 104 cm³/mol. The molecule has 0 heterocycles. The molecule has 2 heteroatoms. The zero-order valence-electron chi connectivity index (χ0n) is 15.9. The van der Waals surface area contributed by atoms with Crippen LogP contribution < -0.4 is 11.5 Å². The predicted octanol–water partition coefficient (Wildman–Crippen LogP) is 5.18. The first-order valence-electron chi connectivity index (χ1n) is 8.96. The second kappa shape index (κ2) is 7.08. The Morgan fingerprint density at radius 1 is 0.625 bits per heavy atom. The summed E-state index contributed by atoms with van der Waals surface area (Å²) in [6.45, 7) is 13.2. The highest BCUT2D eigenvalue weighted by atomic mass is 15.0. The molecule has 0 aliphatic rings. The Morgan fingerprint density at radius 2 is 1.08 bits per heavy atom. The normalized spacial score (nSPS) is 12.5. The highest BCUT2D eigenvalue weighted by molar-refractivity contribution is 5.43. The minimum atomic E-state index is -0.987. The van der Waals surface area contributed by atoms with E-state index in [1.54, 1.807) is 0 Å². The molecule has 4 N–H and O–H groups in total. The maximum Gasteiger partial charge on any atom is 0.116 e. The minimum absolute atomic E-state index is 0.445. The van der Waals surface area contributed by atoms with Crippen LogP contribution in [0.3, 0.4) is 0 Å². The molecule has 0 saturated carbocycles. The van der Waals surface area contributed by atoms with Gasteiger partial charge in [0.15, 0.2) is 0 Å². The van der Waals surface area contributed by atoms with Gasteiger partial charge >= 0.3 is 0 Å². The van der Waals surface area contributed by atoms with E-state index in [2.05, 4.69) is 77.9 Å². The lowest BCUT2D eigenvalue weighted by Crippen LogP contribution is -2.47. The van der Waals surface area contributed by atoms with Crippen molar-refractivity contribution < 1.29 is 0 Å². The van der Waals surface area contributed by atoms with E-state index in [1.165, 1.54) is 16.7 Å². The van der Waals surface area contributed by atoms with Gasteiger partial charge in [-0.25, -0.2) is 0 Å². The number of nitrogens with two attached hydrogens (primary N) is 2. The van der Waals surface area contributed by atoms with Gasteiger partial charge in [-0.2, -0.15) is 0 Å². The van der Waals surface area contributed by atoms with Crippen molar-refractivity contribution in [2.24, 2.45) is 11.5 Å². The molecule has 0 unspecified atom stereocenters. The Bertz CT molecular complexity index is 671. The molecule has 0 amide bonds. The van der Waals surface area contributed by atoms with E-state index in [0.29, 0.717) is 17.8 Å². The van der Waals surface area contributed by atoms with Crippen LogP contribution in [-0.4, -0.2) is 0 Å². The monoisotopic (exact) mass is 324 g/mol. The quantitative estimate of drug-likeness (QED) is 0.745. The topological polar surface area (TPSA) is 52.0 Å². The van der Waals surface area contributed by atoms with Gasteiger partial charge in [0, 0.05) is 0 Å². The van der Waals surface area contributed by atoms with Gasteiger partial charge < -0.3 is 11.5 Å². The molecule has 0 radical (unpaired) electrons.